The maximum absolute atomic E-state index is 4.12. The maximum atomic E-state index is 4.12. The summed E-state index contributed by atoms with van der Waals surface area (Å²) < 4.78 is 0. The second kappa shape index (κ2) is 5.04. The van der Waals surface area contributed by atoms with E-state index in [-0.39, 0.29) is 0 Å². The number of nitrogens with zero attached hydrogens (tertiary/aromatic N) is 1. The van der Waals surface area contributed by atoms with Crippen molar-refractivity contribution in [3.63, 3.8) is 0 Å². The van der Waals surface area contributed by atoms with Crippen molar-refractivity contribution in [1.29, 1.82) is 0 Å². The van der Waals surface area contributed by atoms with Gasteiger partial charge in [-0.3, -0.25) is 0 Å². The Morgan fingerprint density at radius 2 is 1.47 bits per heavy atom. The zero-order chi connectivity index (χ0) is 12.8. The molecule has 1 heterocycles. The van der Waals surface area contributed by atoms with Gasteiger partial charge in [-0.1, -0.05) is 6.92 Å². The molecule has 5 rings (SSSR count). The standard InChI is InChI=1S/C17H30N2/c1-2-19-5-3-16(4-6-19)18-17-14-8-12-7-13(10-14)11-15(17)9-12/h12-18H,2-11H2,1H3. The Morgan fingerprint density at radius 3 is 2.00 bits per heavy atom. The molecule has 0 radical (unpaired) electrons. The molecule has 4 saturated carbocycles. The van der Waals surface area contributed by atoms with Crippen molar-refractivity contribution in [1.82, 2.24) is 10.2 Å². The van der Waals surface area contributed by atoms with Crippen LogP contribution in [0.3, 0.4) is 0 Å². The van der Waals surface area contributed by atoms with Crippen LogP contribution in [0.4, 0.5) is 0 Å². The van der Waals surface area contributed by atoms with Crippen molar-refractivity contribution < 1.29 is 0 Å². The summed E-state index contributed by atoms with van der Waals surface area (Å²) in [5.74, 6) is 4.31. The minimum Gasteiger partial charge on any atom is -0.311 e. The fourth-order valence-corrected chi connectivity index (χ4v) is 5.89. The van der Waals surface area contributed by atoms with Gasteiger partial charge in [0.25, 0.3) is 0 Å². The van der Waals surface area contributed by atoms with Crippen molar-refractivity contribution in [2.45, 2.75) is 64.0 Å². The van der Waals surface area contributed by atoms with Gasteiger partial charge in [0.2, 0.25) is 0 Å². The summed E-state index contributed by atoms with van der Waals surface area (Å²) in [4.78, 5) is 2.61. The molecule has 0 aromatic carbocycles. The van der Waals surface area contributed by atoms with E-state index in [1.165, 1.54) is 32.5 Å². The molecule has 0 unspecified atom stereocenters. The van der Waals surface area contributed by atoms with Crippen molar-refractivity contribution >= 4 is 0 Å². The predicted octanol–water partition coefficient (Wildman–Crippen LogP) is 2.89. The second-order valence-electron chi connectivity index (χ2n) is 7.83. The lowest BCUT2D eigenvalue weighted by atomic mass is 9.54. The molecule has 0 spiro atoms. The Bertz CT molecular complexity index is 291. The van der Waals surface area contributed by atoms with E-state index in [0.717, 1.165) is 35.8 Å². The quantitative estimate of drug-likeness (QED) is 0.841. The molecule has 1 N–H and O–H groups in total. The molecule has 19 heavy (non-hydrogen) atoms. The molecule has 5 fully saturated rings. The zero-order valence-electron chi connectivity index (χ0n) is 12.5. The van der Waals surface area contributed by atoms with E-state index in [2.05, 4.69) is 17.1 Å². The Balaban J connectivity index is 1.36. The monoisotopic (exact) mass is 262 g/mol. The summed E-state index contributed by atoms with van der Waals surface area (Å²) in [7, 11) is 0. The largest absolute Gasteiger partial charge is 0.311 e. The first kappa shape index (κ1) is 12.6. The number of piperidine rings is 1. The minimum absolute atomic E-state index is 0.824. The smallest absolute Gasteiger partial charge is 0.0127 e. The lowest BCUT2D eigenvalue weighted by Crippen LogP contribution is -2.58. The summed E-state index contributed by atoms with van der Waals surface area (Å²) in [5, 5.41) is 4.12. The van der Waals surface area contributed by atoms with E-state index >= 15 is 0 Å². The average molecular weight is 262 g/mol. The highest BCUT2D eigenvalue weighted by atomic mass is 15.1. The molecule has 5 aliphatic rings. The molecular formula is C17H30N2. The third-order valence-electron chi connectivity index (χ3n) is 6.69. The number of hydrogen-bond donors (Lipinski definition) is 1. The minimum atomic E-state index is 0.824. The van der Waals surface area contributed by atoms with Gasteiger partial charge < -0.3 is 10.2 Å². The molecule has 2 nitrogen and oxygen atoms in total. The molecule has 0 aromatic heterocycles. The predicted molar refractivity (Wildman–Crippen MR) is 79.1 cm³/mol. The second-order valence-corrected chi connectivity index (χ2v) is 7.83. The van der Waals surface area contributed by atoms with Crippen LogP contribution >= 0.6 is 0 Å². The lowest BCUT2D eigenvalue weighted by Gasteiger charge is -2.55. The van der Waals surface area contributed by atoms with E-state index in [0.29, 0.717) is 0 Å². The lowest BCUT2D eigenvalue weighted by molar-refractivity contribution is -0.0204. The van der Waals surface area contributed by atoms with Gasteiger partial charge in [0.1, 0.15) is 0 Å². The van der Waals surface area contributed by atoms with Crippen LogP contribution in [-0.4, -0.2) is 36.6 Å². The van der Waals surface area contributed by atoms with Crippen LogP contribution in [0, 0.1) is 23.7 Å². The molecule has 2 heteroatoms. The Labute approximate surface area is 118 Å². The van der Waals surface area contributed by atoms with E-state index in [1.54, 1.807) is 32.1 Å². The molecule has 4 bridgehead atoms. The van der Waals surface area contributed by atoms with E-state index < -0.39 is 0 Å². The highest BCUT2D eigenvalue weighted by molar-refractivity contribution is 5.02. The van der Waals surface area contributed by atoms with Crippen LogP contribution in [0.2, 0.25) is 0 Å². The van der Waals surface area contributed by atoms with Gasteiger partial charge in [0.05, 0.1) is 0 Å². The average Bonchev–Trinajstić information content (AvgIpc) is 2.43. The third-order valence-corrected chi connectivity index (χ3v) is 6.69. The normalized spacial score (nSPS) is 46.9. The van der Waals surface area contributed by atoms with E-state index in [1.807, 2.05) is 0 Å². The first-order chi connectivity index (χ1) is 9.31. The molecule has 4 aliphatic carbocycles. The topological polar surface area (TPSA) is 15.3 Å². The molecule has 0 aromatic rings. The number of hydrogen-bond acceptors (Lipinski definition) is 2. The Hall–Kier alpha value is -0.0800. The third kappa shape index (κ3) is 2.35. The number of likely N-dealkylation sites (tertiary alicyclic amines) is 1. The zero-order valence-corrected chi connectivity index (χ0v) is 12.5. The van der Waals surface area contributed by atoms with Gasteiger partial charge in [0.15, 0.2) is 0 Å². The van der Waals surface area contributed by atoms with Crippen molar-refractivity contribution in [2.24, 2.45) is 23.7 Å². The van der Waals surface area contributed by atoms with E-state index in [4.69, 9.17) is 0 Å². The molecular weight excluding hydrogens is 232 g/mol. The van der Waals surface area contributed by atoms with Crippen molar-refractivity contribution in [2.75, 3.05) is 19.6 Å². The van der Waals surface area contributed by atoms with Crippen LogP contribution in [-0.2, 0) is 0 Å². The van der Waals surface area contributed by atoms with Gasteiger partial charge in [-0.25, -0.2) is 0 Å². The Kier molecular flexibility index (Phi) is 3.35. The Morgan fingerprint density at radius 1 is 0.895 bits per heavy atom. The van der Waals surface area contributed by atoms with Gasteiger partial charge in [-0.2, -0.15) is 0 Å². The van der Waals surface area contributed by atoms with Crippen LogP contribution in [0.5, 0.6) is 0 Å². The highest BCUT2D eigenvalue weighted by Gasteiger charge is 2.48. The molecule has 108 valence electrons. The molecule has 0 amide bonds. The first-order valence-corrected chi connectivity index (χ1v) is 8.80. The van der Waals surface area contributed by atoms with Gasteiger partial charge in [0, 0.05) is 12.1 Å². The highest BCUT2D eigenvalue weighted by Crippen LogP contribution is 2.53. The maximum Gasteiger partial charge on any atom is 0.0127 e. The summed E-state index contributed by atoms with van der Waals surface area (Å²) in [5.41, 5.74) is 0. The first-order valence-electron chi connectivity index (χ1n) is 8.80. The van der Waals surface area contributed by atoms with E-state index in [9.17, 15) is 0 Å². The summed E-state index contributed by atoms with van der Waals surface area (Å²) >= 11 is 0. The fraction of sp³-hybridized carbons (Fsp3) is 1.00. The summed E-state index contributed by atoms with van der Waals surface area (Å²) in [6, 6.07) is 1.72. The van der Waals surface area contributed by atoms with Gasteiger partial charge in [-0.15, -0.1) is 0 Å². The van der Waals surface area contributed by atoms with Gasteiger partial charge in [-0.05, 0) is 88.3 Å². The van der Waals surface area contributed by atoms with Gasteiger partial charge >= 0.3 is 0 Å². The molecule has 1 aliphatic heterocycles. The number of nitrogens with one attached hydrogen (secondary N) is 1. The number of rotatable bonds is 3. The molecule has 1 saturated heterocycles. The van der Waals surface area contributed by atoms with Crippen molar-refractivity contribution in [3.8, 4) is 0 Å². The SMILES string of the molecule is CCN1CCC(NC2C3CC4CC(C3)CC2C4)CC1. The van der Waals surface area contributed by atoms with Crippen LogP contribution in [0.25, 0.3) is 0 Å². The van der Waals surface area contributed by atoms with Crippen LogP contribution in [0.1, 0.15) is 51.9 Å². The fourth-order valence-electron chi connectivity index (χ4n) is 5.89. The molecule has 0 atom stereocenters. The van der Waals surface area contributed by atoms with Crippen LogP contribution < -0.4 is 5.32 Å². The van der Waals surface area contributed by atoms with Crippen LogP contribution in [0.15, 0.2) is 0 Å². The van der Waals surface area contributed by atoms with Crippen molar-refractivity contribution in [3.05, 3.63) is 0 Å². The summed E-state index contributed by atoms with van der Waals surface area (Å²) in [6.45, 7) is 6.18. The summed E-state index contributed by atoms with van der Waals surface area (Å²) in [6.07, 6.45) is 10.6.